The Morgan fingerprint density at radius 2 is 1.42 bits per heavy atom. The minimum Gasteiger partial charge on any atom is -0.0683 e. The molecule has 0 spiro atoms. The van der Waals surface area contributed by atoms with Crippen LogP contribution >= 0.6 is 0 Å². The molecule has 0 saturated heterocycles. The fourth-order valence-electron chi connectivity index (χ4n) is 1.07. The van der Waals surface area contributed by atoms with Crippen LogP contribution in [-0.2, 0) is 0 Å². The van der Waals surface area contributed by atoms with Gasteiger partial charge in [0, 0.05) is 0 Å². The predicted octanol–water partition coefficient (Wildman–Crippen LogP) is 5.03. The monoisotopic (exact) mass is 172 g/mol. The molecule has 0 aliphatic heterocycles. The Kier molecular flexibility index (Phi) is 11.0. The van der Waals surface area contributed by atoms with Gasteiger partial charge in [0.05, 0.1) is 0 Å². The van der Waals surface area contributed by atoms with Gasteiger partial charge < -0.3 is 0 Å². The minimum atomic E-state index is 0.802. The van der Waals surface area contributed by atoms with E-state index in [0.717, 1.165) is 5.41 Å². The molecule has 0 nitrogen and oxygen atoms in total. The third-order valence-corrected chi connectivity index (χ3v) is 2.24. The van der Waals surface area contributed by atoms with Crippen molar-refractivity contribution in [3.05, 3.63) is 0 Å². The predicted molar refractivity (Wildman–Crippen MR) is 59.6 cm³/mol. The van der Waals surface area contributed by atoms with Crippen LogP contribution in [0.1, 0.15) is 73.6 Å². The molecular formula is C12H28. The van der Waals surface area contributed by atoms with Gasteiger partial charge in [-0.1, -0.05) is 54.4 Å². The van der Waals surface area contributed by atoms with Gasteiger partial charge in [-0.05, 0) is 24.7 Å². The first kappa shape index (κ1) is 14.5. The van der Waals surface area contributed by atoms with Gasteiger partial charge in [-0.15, -0.1) is 0 Å². The van der Waals surface area contributed by atoms with Crippen molar-refractivity contribution in [3.8, 4) is 0 Å². The third-order valence-electron chi connectivity index (χ3n) is 2.24. The molecule has 0 atom stereocenters. The number of hydrogen-bond acceptors (Lipinski definition) is 0. The van der Waals surface area contributed by atoms with E-state index < -0.39 is 0 Å². The van der Waals surface area contributed by atoms with E-state index in [9.17, 15) is 0 Å². The third kappa shape index (κ3) is 8.10. The maximum Gasteiger partial charge on any atom is -0.0325 e. The smallest absolute Gasteiger partial charge is 0.0325 e. The first-order valence-electron chi connectivity index (χ1n) is 5.77. The molecule has 0 heterocycles. The Bertz CT molecular complexity index is 70.1. The van der Waals surface area contributed by atoms with Gasteiger partial charge in [-0.25, -0.2) is 0 Å². The number of rotatable bonds is 3. The van der Waals surface area contributed by atoms with Gasteiger partial charge in [0.25, 0.3) is 0 Å². The van der Waals surface area contributed by atoms with Crippen LogP contribution in [0.4, 0.5) is 0 Å². The highest BCUT2D eigenvalue weighted by Gasteiger charge is 2.35. The van der Waals surface area contributed by atoms with E-state index in [1.165, 1.54) is 32.1 Å². The lowest BCUT2D eigenvalue weighted by Crippen LogP contribution is -1.90. The molecule has 0 aromatic carbocycles. The van der Waals surface area contributed by atoms with Gasteiger partial charge in [-0.3, -0.25) is 0 Å². The van der Waals surface area contributed by atoms with Crippen molar-refractivity contribution >= 4 is 0 Å². The Morgan fingerprint density at radius 1 is 1.00 bits per heavy atom. The highest BCUT2D eigenvalue weighted by atomic mass is 14.4. The minimum absolute atomic E-state index is 0.802. The second-order valence-electron chi connectivity index (χ2n) is 3.41. The van der Waals surface area contributed by atoms with Crippen LogP contribution in [0.25, 0.3) is 0 Å². The van der Waals surface area contributed by atoms with Crippen LogP contribution < -0.4 is 0 Å². The van der Waals surface area contributed by atoms with Gasteiger partial charge >= 0.3 is 0 Å². The first-order valence-corrected chi connectivity index (χ1v) is 5.77. The maximum atomic E-state index is 2.41. The second-order valence-corrected chi connectivity index (χ2v) is 3.41. The standard InChI is InChI=1S/C8H16.2C2H6/c1-3-4-5-8(2)6-7-8;2*1-2/h3-7H2,1-2H3;2*1-2H3. The molecule has 0 N–H and O–H groups in total. The maximum absolute atomic E-state index is 2.41. The van der Waals surface area contributed by atoms with E-state index in [-0.39, 0.29) is 0 Å². The first-order chi connectivity index (χ1) is 5.77. The van der Waals surface area contributed by atoms with Crippen molar-refractivity contribution < 1.29 is 0 Å². The topological polar surface area (TPSA) is 0 Å². The van der Waals surface area contributed by atoms with Gasteiger partial charge in [0.2, 0.25) is 0 Å². The summed E-state index contributed by atoms with van der Waals surface area (Å²) in [7, 11) is 0. The summed E-state index contributed by atoms with van der Waals surface area (Å²) in [6.45, 7) is 12.7. The lowest BCUT2D eigenvalue weighted by molar-refractivity contribution is 0.490. The largest absolute Gasteiger partial charge is 0.0683 e. The second kappa shape index (κ2) is 9.09. The molecule has 1 rings (SSSR count). The molecule has 0 aromatic heterocycles. The van der Waals surface area contributed by atoms with E-state index in [0.29, 0.717) is 0 Å². The summed E-state index contributed by atoms with van der Waals surface area (Å²) in [5.74, 6) is 0. The average molecular weight is 172 g/mol. The number of hydrogen-bond donors (Lipinski definition) is 0. The van der Waals surface area contributed by atoms with Crippen LogP contribution in [-0.4, -0.2) is 0 Å². The lowest BCUT2D eigenvalue weighted by atomic mass is 10.0. The zero-order chi connectivity index (χ0) is 10.0. The summed E-state index contributed by atoms with van der Waals surface area (Å²) in [6.07, 6.45) is 7.27. The van der Waals surface area contributed by atoms with Crippen LogP contribution in [0.5, 0.6) is 0 Å². The summed E-state index contributed by atoms with van der Waals surface area (Å²) in [5, 5.41) is 0. The van der Waals surface area contributed by atoms with Crippen molar-refractivity contribution in [2.45, 2.75) is 73.6 Å². The highest BCUT2D eigenvalue weighted by molar-refractivity contribution is 4.87. The van der Waals surface area contributed by atoms with Crippen molar-refractivity contribution in [2.75, 3.05) is 0 Å². The molecule has 0 aromatic rings. The summed E-state index contributed by atoms with van der Waals surface area (Å²) >= 11 is 0. The zero-order valence-electron chi connectivity index (χ0n) is 10.0. The molecule has 12 heavy (non-hydrogen) atoms. The fourth-order valence-corrected chi connectivity index (χ4v) is 1.07. The number of unbranched alkanes of at least 4 members (excludes halogenated alkanes) is 1. The van der Waals surface area contributed by atoms with Crippen molar-refractivity contribution in [1.29, 1.82) is 0 Å². The SMILES string of the molecule is CC.CC.CCCCC1(C)CC1. The van der Waals surface area contributed by atoms with Gasteiger partial charge in [0.15, 0.2) is 0 Å². The summed E-state index contributed by atoms with van der Waals surface area (Å²) < 4.78 is 0. The van der Waals surface area contributed by atoms with Gasteiger partial charge in [-0.2, -0.15) is 0 Å². The summed E-state index contributed by atoms with van der Waals surface area (Å²) in [4.78, 5) is 0. The van der Waals surface area contributed by atoms with E-state index in [4.69, 9.17) is 0 Å². The van der Waals surface area contributed by atoms with Crippen LogP contribution in [0.3, 0.4) is 0 Å². The molecule has 1 aliphatic carbocycles. The van der Waals surface area contributed by atoms with E-state index in [2.05, 4.69) is 13.8 Å². The molecule has 1 aliphatic rings. The normalized spacial score (nSPS) is 16.5. The molecule has 0 unspecified atom stereocenters. The Hall–Kier alpha value is 0. The molecular weight excluding hydrogens is 144 g/mol. The van der Waals surface area contributed by atoms with E-state index in [1.807, 2.05) is 27.7 Å². The Labute approximate surface area is 79.8 Å². The molecule has 0 radical (unpaired) electrons. The highest BCUT2D eigenvalue weighted by Crippen LogP contribution is 2.48. The fraction of sp³-hybridized carbons (Fsp3) is 1.00. The molecule has 1 fully saturated rings. The molecule has 0 heteroatoms. The average Bonchev–Trinajstić information content (AvgIpc) is 2.88. The van der Waals surface area contributed by atoms with Crippen molar-refractivity contribution in [3.63, 3.8) is 0 Å². The molecule has 76 valence electrons. The zero-order valence-corrected chi connectivity index (χ0v) is 10.0. The summed E-state index contributed by atoms with van der Waals surface area (Å²) in [5.41, 5.74) is 0.802. The van der Waals surface area contributed by atoms with E-state index >= 15 is 0 Å². The van der Waals surface area contributed by atoms with Crippen LogP contribution in [0.2, 0.25) is 0 Å². The molecule has 1 saturated carbocycles. The Balaban J connectivity index is 0. The summed E-state index contributed by atoms with van der Waals surface area (Å²) in [6, 6.07) is 0. The Morgan fingerprint density at radius 3 is 1.67 bits per heavy atom. The van der Waals surface area contributed by atoms with Gasteiger partial charge in [0.1, 0.15) is 0 Å². The van der Waals surface area contributed by atoms with Crippen molar-refractivity contribution in [1.82, 2.24) is 0 Å². The van der Waals surface area contributed by atoms with Crippen LogP contribution in [0, 0.1) is 5.41 Å². The van der Waals surface area contributed by atoms with Crippen molar-refractivity contribution in [2.24, 2.45) is 5.41 Å². The molecule has 0 bridgehead atoms. The quantitative estimate of drug-likeness (QED) is 0.560. The lowest BCUT2D eigenvalue weighted by Gasteiger charge is -2.03. The van der Waals surface area contributed by atoms with E-state index in [1.54, 1.807) is 0 Å². The molecule has 0 amide bonds. The van der Waals surface area contributed by atoms with Crippen LogP contribution in [0.15, 0.2) is 0 Å².